The number of carboxylic acids is 1. The van der Waals surface area contributed by atoms with Crippen LogP contribution in [0, 0.1) is 0 Å². The second-order valence-corrected chi connectivity index (χ2v) is 3.96. The van der Waals surface area contributed by atoms with Crippen molar-refractivity contribution in [1.82, 2.24) is 0 Å². The van der Waals surface area contributed by atoms with Gasteiger partial charge < -0.3 is 20.6 Å². The molecule has 0 unspecified atom stereocenters. The number of anilines is 1. The molecule has 5 heteroatoms. The second kappa shape index (κ2) is 5.65. The van der Waals surface area contributed by atoms with Crippen molar-refractivity contribution in [2.45, 2.75) is 18.9 Å². The van der Waals surface area contributed by atoms with Crippen molar-refractivity contribution in [2.24, 2.45) is 0 Å². The Kier molecular flexibility index (Phi) is 4.48. The third-order valence-corrected chi connectivity index (χ3v) is 2.80. The number of benzene rings is 1. The highest BCUT2D eigenvalue weighted by Gasteiger charge is 2.26. The van der Waals surface area contributed by atoms with Gasteiger partial charge in [-0.15, -0.1) is 0 Å². The zero-order valence-electron chi connectivity index (χ0n) is 9.68. The fraction of sp³-hybridized carbons (Fsp3) is 0.417. The van der Waals surface area contributed by atoms with E-state index in [2.05, 4.69) is 5.32 Å². The Bertz CT molecular complexity index is 380. The molecule has 0 saturated heterocycles. The molecule has 0 radical (unpaired) electrons. The molecule has 0 aliphatic rings. The summed E-state index contributed by atoms with van der Waals surface area (Å²) in [6.07, 6.45) is 0.525. The third-order valence-electron chi connectivity index (χ3n) is 2.80. The molecule has 1 aromatic rings. The predicted molar refractivity (Wildman–Crippen MR) is 64.2 cm³/mol. The zero-order valence-corrected chi connectivity index (χ0v) is 9.68. The van der Waals surface area contributed by atoms with Crippen molar-refractivity contribution in [3.8, 4) is 0 Å². The molecule has 4 N–H and O–H groups in total. The van der Waals surface area contributed by atoms with Crippen molar-refractivity contribution in [3.63, 3.8) is 0 Å². The maximum Gasteiger partial charge on any atom is 0.335 e. The van der Waals surface area contributed by atoms with E-state index in [0.29, 0.717) is 12.1 Å². The van der Waals surface area contributed by atoms with Gasteiger partial charge in [0.05, 0.1) is 24.3 Å². The van der Waals surface area contributed by atoms with Gasteiger partial charge in [0.1, 0.15) is 0 Å². The molecule has 0 amide bonds. The Morgan fingerprint density at radius 1 is 1.35 bits per heavy atom. The maximum atomic E-state index is 10.8. The summed E-state index contributed by atoms with van der Waals surface area (Å²) in [5, 5.41) is 30.4. The summed E-state index contributed by atoms with van der Waals surface area (Å²) in [6, 6.07) is 6.26. The molecule has 0 spiro atoms. The van der Waals surface area contributed by atoms with Crippen LogP contribution in [0.5, 0.6) is 0 Å². The molecule has 5 nitrogen and oxygen atoms in total. The summed E-state index contributed by atoms with van der Waals surface area (Å²) in [5.41, 5.74) is -0.0948. The highest BCUT2D eigenvalue weighted by atomic mass is 16.4. The molecule has 94 valence electrons. The fourth-order valence-electron chi connectivity index (χ4n) is 1.48. The SMILES string of the molecule is CCC(CO)(CO)Nc1cccc(C(=O)O)c1. The van der Waals surface area contributed by atoms with Crippen molar-refractivity contribution in [2.75, 3.05) is 18.5 Å². The lowest BCUT2D eigenvalue weighted by Crippen LogP contribution is -2.45. The molecule has 0 heterocycles. The van der Waals surface area contributed by atoms with Gasteiger partial charge in [-0.3, -0.25) is 0 Å². The van der Waals surface area contributed by atoms with E-state index in [0.717, 1.165) is 0 Å². The number of aliphatic hydroxyl groups is 2. The van der Waals surface area contributed by atoms with Gasteiger partial charge in [0.2, 0.25) is 0 Å². The summed E-state index contributed by atoms with van der Waals surface area (Å²) in [6.45, 7) is 1.38. The van der Waals surface area contributed by atoms with Gasteiger partial charge in [0.15, 0.2) is 0 Å². The minimum absolute atomic E-state index is 0.163. The van der Waals surface area contributed by atoms with E-state index in [-0.39, 0.29) is 18.8 Å². The molecule has 0 aromatic heterocycles. The lowest BCUT2D eigenvalue weighted by Gasteiger charge is -2.31. The lowest BCUT2D eigenvalue weighted by atomic mass is 9.98. The topological polar surface area (TPSA) is 89.8 Å². The Labute approximate surface area is 99.7 Å². The van der Waals surface area contributed by atoms with Crippen LogP contribution in [0.15, 0.2) is 24.3 Å². The van der Waals surface area contributed by atoms with E-state index in [1.807, 2.05) is 6.92 Å². The van der Waals surface area contributed by atoms with Gasteiger partial charge in [0, 0.05) is 5.69 Å². The van der Waals surface area contributed by atoms with Gasteiger partial charge in [-0.1, -0.05) is 13.0 Å². The molecular weight excluding hydrogens is 222 g/mol. The van der Waals surface area contributed by atoms with Crippen LogP contribution in [-0.2, 0) is 0 Å². The van der Waals surface area contributed by atoms with Crippen molar-refractivity contribution in [3.05, 3.63) is 29.8 Å². The summed E-state index contributed by atoms with van der Waals surface area (Å²) in [4.78, 5) is 10.8. The molecule has 1 aromatic carbocycles. The van der Waals surface area contributed by atoms with E-state index in [9.17, 15) is 15.0 Å². The van der Waals surface area contributed by atoms with Crippen LogP contribution in [0.1, 0.15) is 23.7 Å². The van der Waals surface area contributed by atoms with Crippen molar-refractivity contribution < 1.29 is 20.1 Å². The molecular formula is C12H17NO4. The monoisotopic (exact) mass is 239 g/mol. The Morgan fingerprint density at radius 3 is 2.47 bits per heavy atom. The summed E-state index contributed by atoms with van der Waals surface area (Å²) < 4.78 is 0. The zero-order chi connectivity index (χ0) is 12.9. The first-order valence-electron chi connectivity index (χ1n) is 5.40. The Morgan fingerprint density at radius 2 is 2.00 bits per heavy atom. The first-order chi connectivity index (χ1) is 8.06. The number of hydrogen-bond donors (Lipinski definition) is 4. The standard InChI is InChI=1S/C12H17NO4/c1-2-12(7-14,8-15)13-10-5-3-4-9(6-10)11(16)17/h3-6,13-15H,2,7-8H2,1H3,(H,16,17). The molecule has 0 bridgehead atoms. The van der Waals surface area contributed by atoms with E-state index in [4.69, 9.17) is 5.11 Å². The van der Waals surface area contributed by atoms with Gasteiger partial charge in [0.25, 0.3) is 0 Å². The normalized spacial score (nSPS) is 11.2. The number of nitrogens with one attached hydrogen (secondary N) is 1. The minimum Gasteiger partial charge on any atom is -0.478 e. The fourth-order valence-corrected chi connectivity index (χ4v) is 1.48. The molecule has 0 aliphatic carbocycles. The highest BCUT2D eigenvalue weighted by molar-refractivity contribution is 5.88. The summed E-state index contributed by atoms with van der Waals surface area (Å²) in [7, 11) is 0. The van der Waals surface area contributed by atoms with Crippen LogP contribution in [0.3, 0.4) is 0 Å². The second-order valence-electron chi connectivity index (χ2n) is 3.96. The third kappa shape index (κ3) is 3.18. The molecule has 1 rings (SSSR count). The lowest BCUT2D eigenvalue weighted by molar-refractivity contribution is 0.0697. The van der Waals surface area contributed by atoms with Crippen molar-refractivity contribution in [1.29, 1.82) is 0 Å². The van der Waals surface area contributed by atoms with Crippen LogP contribution in [0.25, 0.3) is 0 Å². The van der Waals surface area contributed by atoms with Gasteiger partial charge >= 0.3 is 5.97 Å². The van der Waals surface area contributed by atoms with E-state index in [1.54, 1.807) is 12.1 Å². The van der Waals surface area contributed by atoms with E-state index >= 15 is 0 Å². The quantitative estimate of drug-likeness (QED) is 0.593. The molecule has 0 fully saturated rings. The summed E-state index contributed by atoms with van der Waals surface area (Å²) >= 11 is 0. The number of hydrogen-bond acceptors (Lipinski definition) is 4. The highest BCUT2D eigenvalue weighted by Crippen LogP contribution is 2.19. The van der Waals surface area contributed by atoms with Gasteiger partial charge in [-0.25, -0.2) is 4.79 Å². The average molecular weight is 239 g/mol. The van der Waals surface area contributed by atoms with Gasteiger partial charge in [-0.2, -0.15) is 0 Å². The maximum absolute atomic E-state index is 10.8. The first kappa shape index (κ1) is 13.5. The molecule has 17 heavy (non-hydrogen) atoms. The Balaban J connectivity index is 2.93. The molecule has 0 saturated carbocycles. The average Bonchev–Trinajstić information content (AvgIpc) is 2.36. The number of rotatable bonds is 6. The predicted octanol–water partition coefficient (Wildman–Crippen LogP) is 0.930. The van der Waals surface area contributed by atoms with Gasteiger partial charge in [-0.05, 0) is 24.6 Å². The van der Waals surface area contributed by atoms with Crippen LogP contribution in [-0.4, -0.2) is 40.0 Å². The van der Waals surface area contributed by atoms with Crippen molar-refractivity contribution >= 4 is 11.7 Å². The molecule has 0 aliphatic heterocycles. The molecule has 0 atom stereocenters. The smallest absolute Gasteiger partial charge is 0.335 e. The Hall–Kier alpha value is -1.59. The first-order valence-corrected chi connectivity index (χ1v) is 5.40. The van der Waals surface area contributed by atoms with E-state index in [1.165, 1.54) is 12.1 Å². The minimum atomic E-state index is -1.01. The van der Waals surface area contributed by atoms with E-state index < -0.39 is 11.5 Å². The number of carboxylic acid groups (broad SMARTS) is 1. The number of aromatic carboxylic acids is 1. The van der Waals surface area contributed by atoms with Crippen LogP contribution in [0.4, 0.5) is 5.69 Å². The van der Waals surface area contributed by atoms with Crippen LogP contribution in [0.2, 0.25) is 0 Å². The largest absolute Gasteiger partial charge is 0.478 e. The van der Waals surface area contributed by atoms with Crippen LogP contribution < -0.4 is 5.32 Å². The van der Waals surface area contributed by atoms with Crippen LogP contribution >= 0.6 is 0 Å². The summed E-state index contributed by atoms with van der Waals surface area (Å²) in [5.74, 6) is -1.01. The number of carbonyl (C=O) groups is 1. The number of aliphatic hydroxyl groups excluding tert-OH is 2.